The number of anilines is 3. The number of aromatic nitrogens is 2. The van der Waals surface area contributed by atoms with Crippen molar-refractivity contribution in [1.29, 1.82) is 5.26 Å². The van der Waals surface area contributed by atoms with E-state index in [0.29, 0.717) is 38.8 Å². The third-order valence-corrected chi connectivity index (χ3v) is 6.96. The Labute approximate surface area is 204 Å². The molecule has 1 aliphatic heterocycles. The van der Waals surface area contributed by atoms with E-state index in [-0.39, 0.29) is 19.4 Å². The van der Waals surface area contributed by atoms with E-state index in [1.807, 2.05) is 6.07 Å². The second-order valence-corrected chi connectivity index (χ2v) is 9.39. The molecule has 2 fully saturated rings. The van der Waals surface area contributed by atoms with Gasteiger partial charge in [0.05, 0.1) is 33.0 Å². The number of carbonyl (C=O) groups excluding carboxylic acids is 1. The molecular weight excluding hydrogens is 481 g/mol. The van der Waals surface area contributed by atoms with Gasteiger partial charge in [-0.1, -0.05) is 17.7 Å². The molecule has 0 spiro atoms. The number of hydrogen-bond acceptors (Lipinski definition) is 5. The molecule has 1 aromatic heterocycles. The van der Waals surface area contributed by atoms with Gasteiger partial charge >= 0.3 is 6.18 Å². The Morgan fingerprint density at radius 2 is 1.97 bits per heavy atom. The van der Waals surface area contributed by atoms with Crippen LogP contribution in [-0.4, -0.2) is 35.1 Å². The highest BCUT2D eigenvalue weighted by molar-refractivity contribution is 6.33. The lowest BCUT2D eigenvalue weighted by Gasteiger charge is -2.18. The summed E-state index contributed by atoms with van der Waals surface area (Å²) in [6.07, 6.45) is -2.75. The lowest BCUT2D eigenvalue weighted by atomic mass is 10.1. The van der Waals surface area contributed by atoms with E-state index in [2.05, 4.69) is 31.6 Å². The number of imidazole rings is 1. The van der Waals surface area contributed by atoms with Crippen molar-refractivity contribution in [2.75, 3.05) is 23.3 Å². The van der Waals surface area contributed by atoms with Gasteiger partial charge in [0, 0.05) is 19.6 Å². The van der Waals surface area contributed by atoms with Crippen molar-refractivity contribution in [2.24, 2.45) is 5.41 Å². The number of nitriles is 1. The fourth-order valence-electron chi connectivity index (χ4n) is 4.44. The predicted octanol–water partition coefficient (Wildman–Crippen LogP) is 5.39. The maximum Gasteiger partial charge on any atom is 0.403 e. The lowest BCUT2D eigenvalue weighted by Crippen LogP contribution is -2.40. The van der Waals surface area contributed by atoms with Crippen molar-refractivity contribution < 1.29 is 18.0 Å². The van der Waals surface area contributed by atoms with Crippen LogP contribution in [0.4, 0.5) is 30.5 Å². The first kappa shape index (κ1) is 23.3. The Balaban J connectivity index is 1.33. The number of fused-ring (bicyclic) bond motifs is 1. The third-order valence-electron chi connectivity index (χ3n) is 6.63. The number of nitrogens with zero attached hydrogens (tertiary/aromatic N) is 3. The number of amides is 1. The van der Waals surface area contributed by atoms with Crippen LogP contribution in [0.1, 0.15) is 36.8 Å². The van der Waals surface area contributed by atoms with Crippen LogP contribution >= 0.6 is 11.6 Å². The number of halogens is 4. The molecule has 1 aliphatic carbocycles. The molecule has 182 valence electrons. The van der Waals surface area contributed by atoms with Crippen molar-refractivity contribution in [1.82, 2.24) is 15.3 Å². The zero-order valence-corrected chi connectivity index (χ0v) is 19.4. The average Bonchev–Trinajstić information content (AvgIpc) is 3.30. The van der Waals surface area contributed by atoms with Gasteiger partial charge < -0.3 is 20.5 Å². The fourth-order valence-corrected chi connectivity index (χ4v) is 4.60. The monoisotopic (exact) mass is 502 g/mol. The molecule has 1 saturated heterocycles. The summed E-state index contributed by atoms with van der Waals surface area (Å²) in [5.74, 6) is -0.603. The quantitative estimate of drug-likeness (QED) is 0.420. The Bertz CT molecular complexity index is 1340. The molecule has 0 radical (unpaired) electrons. The molecular formula is C24H22ClF3N6O. The Kier molecular flexibility index (Phi) is 5.75. The average molecular weight is 503 g/mol. The van der Waals surface area contributed by atoms with Gasteiger partial charge in [0.15, 0.2) is 0 Å². The molecule has 2 aromatic carbocycles. The van der Waals surface area contributed by atoms with E-state index < -0.39 is 17.5 Å². The lowest BCUT2D eigenvalue weighted by molar-refractivity contribution is -0.192. The number of rotatable bonds is 6. The van der Waals surface area contributed by atoms with E-state index in [0.717, 1.165) is 31.6 Å². The van der Waals surface area contributed by atoms with E-state index in [9.17, 15) is 23.2 Å². The summed E-state index contributed by atoms with van der Waals surface area (Å²) < 4.78 is 39.5. The number of aromatic amines is 1. The highest BCUT2D eigenvalue weighted by atomic mass is 35.5. The Hall–Kier alpha value is -3.45. The van der Waals surface area contributed by atoms with Crippen LogP contribution in [0.3, 0.4) is 0 Å². The SMILES string of the molecule is N#Cc1cc2[nH]c(Nc3cc(CNC(=O)C4(C(F)(F)F)CC4)ccc3Cl)nc2cc1N1CCCC1. The van der Waals surface area contributed by atoms with Gasteiger partial charge in [-0.3, -0.25) is 4.79 Å². The number of nitrogens with one attached hydrogen (secondary N) is 3. The molecule has 0 bridgehead atoms. The number of hydrogen-bond donors (Lipinski definition) is 3. The summed E-state index contributed by atoms with van der Waals surface area (Å²) in [5, 5.41) is 15.5. The number of benzene rings is 2. The van der Waals surface area contributed by atoms with Gasteiger partial charge in [-0.05, 0) is 55.5 Å². The molecule has 2 heterocycles. The number of carbonyl (C=O) groups is 1. The molecule has 1 saturated carbocycles. The van der Waals surface area contributed by atoms with Gasteiger partial charge in [0.2, 0.25) is 11.9 Å². The standard InChI is InChI=1S/C24H22ClF3N6O/c25-16-4-3-14(13-30-21(35)23(5-6-23)24(26,27)28)9-17(16)31-22-32-18-10-15(12-29)20(11-19(18)33-22)34-7-1-2-8-34/h3-4,9-11H,1-2,5-8,13H2,(H,30,35)(H2,31,32,33). The third kappa shape index (κ3) is 4.36. The molecule has 0 unspecified atom stereocenters. The minimum absolute atomic E-state index is 0.0621. The van der Waals surface area contributed by atoms with Gasteiger partial charge in [0.25, 0.3) is 0 Å². The van der Waals surface area contributed by atoms with Crippen LogP contribution in [0.25, 0.3) is 11.0 Å². The van der Waals surface area contributed by atoms with Crippen molar-refractivity contribution in [3.63, 3.8) is 0 Å². The maximum absolute atomic E-state index is 13.2. The van der Waals surface area contributed by atoms with Crippen LogP contribution < -0.4 is 15.5 Å². The normalized spacial score (nSPS) is 16.8. The predicted molar refractivity (Wildman–Crippen MR) is 127 cm³/mol. The number of alkyl halides is 3. The van der Waals surface area contributed by atoms with Crippen molar-refractivity contribution in [3.8, 4) is 6.07 Å². The molecule has 2 aliphatic rings. The van der Waals surface area contributed by atoms with Crippen molar-refractivity contribution in [2.45, 2.75) is 38.4 Å². The smallest absolute Gasteiger partial charge is 0.370 e. The van der Waals surface area contributed by atoms with Gasteiger partial charge in [-0.2, -0.15) is 18.4 Å². The summed E-state index contributed by atoms with van der Waals surface area (Å²) >= 11 is 6.32. The summed E-state index contributed by atoms with van der Waals surface area (Å²) in [5.41, 5.74) is 1.61. The molecule has 3 N–H and O–H groups in total. The molecule has 5 rings (SSSR count). The van der Waals surface area contributed by atoms with E-state index in [1.165, 1.54) is 0 Å². The summed E-state index contributed by atoms with van der Waals surface area (Å²) in [4.78, 5) is 22.0. The fraction of sp³-hybridized carbons (Fsp3) is 0.375. The highest BCUT2D eigenvalue weighted by Crippen LogP contribution is 2.57. The summed E-state index contributed by atoms with van der Waals surface area (Å²) in [7, 11) is 0. The van der Waals surface area contributed by atoms with Crippen LogP contribution in [0.15, 0.2) is 30.3 Å². The van der Waals surface area contributed by atoms with Crippen LogP contribution in [-0.2, 0) is 11.3 Å². The van der Waals surface area contributed by atoms with Crippen LogP contribution in [0, 0.1) is 16.7 Å². The first-order valence-corrected chi connectivity index (χ1v) is 11.7. The van der Waals surface area contributed by atoms with E-state index in [1.54, 1.807) is 24.3 Å². The molecule has 0 atom stereocenters. The molecule has 35 heavy (non-hydrogen) atoms. The van der Waals surface area contributed by atoms with Crippen LogP contribution in [0.2, 0.25) is 5.02 Å². The Morgan fingerprint density at radius 1 is 1.23 bits per heavy atom. The van der Waals surface area contributed by atoms with Crippen molar-refractivity contribution in [3.05, 3.63) is 46.5 Å². The maximum atomic E-state index is 13.2. The van der Waals surface area contributed by atoms with Gasteiger partial charge in [-0.15, -0.1) is 0 Å². The molecule has 1 amide bonds. The van der Waals surface area contributed by atoms with E-state index in [4.69, 9.17) is 11.6 Å². The molecule has 11 heteroatoms. The zero-order valence-electron chi connectivity index (χ0n) is 18.6. The van der Waals surface area contributed by atoms with Crippen LogP contribution in [0.5, 0.6) is 0 Å². The molecule has 3 aromatic rings. The minimum atomic E-state index is -4.55. The largest absolute Gasteiger partial charge is 0.403 e. The topological polar surface area (TPSA) is 96.8 Å². The summed E-state index contributed by atoms with van der Waals surface area (Å²) in [6, 6.07) is 10.8. The van der Waals surface area contributed by atoms with Crippen molar-refractivity contribution >= 4 is 45.9 Å². The van der Waals surface area contributed by atoms with E-state index >= 15 is 0 Å². The van der Waals surface area contributed by atoms with Gasteiger partial charge in [-0.25, -0.2) is 4.98 Å². The Morgan fingerprint density at radius 3 is 2.63 bits per heavy atom. The van der Waals surface area contributed by atoms with Gasteiger partial charge in [0.1, 0.15) is 11.5 Å². The molecule has 7 nitrogen and oxygen atoms in total. The number of H-pyrrole nitrogens is 1. The summed E-state index contributed by atoms with van der Waals surface area (Å²) in [6.45, 7) is 1.74. The highest BCUT2D eigenvalue weighted by Gasteiger charge is 2.68. The minimum Gasteiger partial charge on any atom is -0.370 e. The first-order chi connectivity index (χ1) is 16.7. The first-order valence-electron chi connectivity index (χ1n) is 11.3. The second-order valence-electron chi connectivity index (χ2n) is 8.98. The zero-order chi connectivity index (χ0) is 24.8. The second kappa shape index (κ2) is 8.64.